The van der Waals surface area contributed by atoms with E-state index in [2.05, 4.69) is 30.8 Å². The minimum atomic E-state index is -0.455. The van der Waals surface area contributed by atoms with E-state index in [1.807, 2.05) is 38.1 Å². The molecule has 1 fully saturated rings. The zero-order chi connectivity index (χ0) is 26.2. The molecule has 198 valence electrons. The highest BCUT2D eigenvalue weighted by atomic mass is 35.5. The first kappa shape index (κ1) is 28.2. The van der Waals surface area contributed by atoms with Crippen LogP contribution in [0.2, 0.25) is 5.02 Å². The monoisotopic (exact) mass is 517 g/mol. The van der Waals surface area contributed by atoms with Crippen molar-refractivity contribution in [3.05, 3.63) is 46.8 Å². The normalized spacial score (nSPS) is 30.1. The van der Waals surface area contributed by atoms with Crippen LogP contribution >= 0.6 is 11.6 Å². The largest absolute Gasteiger partial charge is 0.457 e. The molecule has 0 aliphatic carbocycles. The van der Waals surface area contributed by atoms with Crippen molar-refractivity contribution in [3.63, 3.8) is 0 Å². The molecule has 36 heavy (non-hydrogen) atoms. The van der Waals surface area contributed by atoms with Crippen molar-refractivity contribution in [3.8, 4) is 0 Å². The molecule has 0 saturated carbocycles. The van der Waals surface area contributed by atoms with E-state index in [9.17, 15) is 9.59 Å². The molecule has 1 aromatic rings. The van der Waals surface area contributed by atoms with Gasteiger partial charge in [-0.2, -0.15) is 0 Å². The van der Waals surface area contributed by atoms with Gasteiger partial charge in [-0.1, -0.05) is 44.5 Å². The van der Waals surface area contributed by atoms with Crippen LogP contribution in [0.1, 0.15) is 52.5 Å². The average Bonchev–Trinajstić information content (AvgIpc) is 2.83. The molecule has 0 radical (unpaired) electrons. The highest BCUT2D eigenvalue weighted by Gasteiger charge is 2.28. The lowest BCUT2D eigenvalue weighted by Crippen LogP contribution is -2.48. The second-order valence-electron chi connectivity index (χ2n) is 10.5. The second kappa shape index (κ2) is 13.2. The highest BCUT2D eigenvalue weighted by molar-refractivity contribution is 6.30. The Hall–Kier alpha value is -2.38. The van der Waals surface area contributed by atoms with E-state index < -0.39 is 6.10 Å². The van der Waals surface area contributed by atoms with Crippen molar-refractivity contribution in [2.24, 2.45) is 17.8 Å². The lowest BCUT2D eigenvalue weighted by atomic mass is 9.90. The van der Waals surface area contributed by atoms with Crippen molar-refractivity contribution in [2.75, 3.05) is 33.2 Å². The van der Waals surface area contributed by atoms with Gasteiger partial charge in [-0.25, -0.2) is 4.79 Å². The van der Waals surface area contributed by atoms with Gasteiger partial charge in [0, 0.05) is 50.9 Å². The number of cyclic esters (lactones) is 1. The van der Waals surface area contributed by atoms with Gasteiger partial charge < -0.3 is 19.3 Å². The van der Waals surface area contributed by atoms with Crippen LogP contribution in [0.15, 0.2) is 36.2 Å². The topological polar surface area (TPSA) is 72.0 Å². The van der Waals surface area contributed by atoms with Crippen molar-refractivity contribution in [1.82, 2.24) is 14.8 Å². The first-order valence-corrected chi connectivity index (χ1v) is 13.3. The molecule has 0 N–H and O–H groups in total. The van der Waals surface area contributed by atoms with Gasteiger partial charge in [0.2, 0.25) is 0 Å². The van der Waals surface area contributed by atoms with Gasteiger partial charge >= 0.3 is 12.1 Å². The summed E-state index contributed by atoms with van der Waals surface area (Å²) in [6.45, 7) is 11.2. The Bertz CT molecular complexity index is 958. The maximum Gasteiger partial charge on any atom is 0.410 e. The maximum absolute atomic E-state index is 12.9. The summed E-state index contributed by atoms with van der Waals surface area (Å²) in [6, 6.07) is 1.83. The number of hydrogen-bond donors (Lipinski definition) is 0. The maximum atomic E-state index is 12.9. The summed E-state index contributed by atoms with van der Waals surface area (Å²) in [5.74, 6) is -0.00907. The van der Waals surface area contributed by atoms with E-state index in [1.165, 1.54) is 0 Å². The third kappa shape index (κ3) is 8.34. The summed E-state index contributed by atoms with van der Waals surface area (Å²) in [4.78, 5) is 33.9. The molecule has 1 saturated heterocycles. The predicted octanol–water partition coefficient (Wildman–Crippen LogP) is 5.45. The third-order valence-electron chi connectivity index (χ3n) is 7.10. The Morgan fingerprint density at radius 2 is 1.86 bits per heavy atom. The minimum Gasteiger partial charge on any atom is -0.457 e. The fourth-order valence-corrected chi connectivity index (χ4v) is 4.85. The Labute approximate surface area is 220 Å². The number of likely N-dealkylation sites (N-methyl/N-ethyl adjacent to an activating group) is 1. The van der Waals surface area contributed by atoms with Crippen LogP contribution in [0, 0.1) is 17.8 Å². The summed E-state index contributed by atoms with van der Waals surface area (Å²) < 4.78 is 12.0. The van der Waals surface area contributed by atoms with Crippen molar-refractivity contribution in [2.45, 2.75) is 59.2 Å². The van der Waals surface area contributed by atoms with E-state index in [0.29, 0.717) is 24.5 Å². The minimum absolute atomic E-state index is 0.121. The Morgan fingerprint density at radius 3 is 2.56 bits per heavy atom. The van der Waals surface area contributed by atoms with Gasteiger partial charge in [-0.15, -0.1) is 0 Å². The van der Waals surface area contributed by atoms with Crippen molar-refractivity contribution < 1.29 is 19.1 Å². The lowest BCUT2D eigenvalue weighted by Gasteiger charge is -2.33. The molecule has 7 nitrogen and oxygen atoms in total. The number of carbonyl (C=O) groups excluding carboxylic acids is 2. The quantitative estimate of drug-likeness (QED) is 0.392. The number of aromatic nitrogens is 1. The molecular weight excluding hydrogens is 478 g/mol. The molecule has 2 aliphatic heterocycles. The predicted molar refractivity (Wildman–Crippen MR) is 143 cm³/mol. The van der Waals surface area contributed by atoms with E-state index in [0.717, 1.165) is 37.1 Å². The van der Waals surface area contributed by atoms with E-state index in [-0.39, 0.29) is 35.9 Å². The Balaban J connectivity index is 1.82. The van der Waals surface area contributed by atoms with Gasteiger partial charge in [0.05, 0.1) is 5.02 Å². The Morgan fingerprint density at radius 1 is 1.14 bits per heavy atom. The van der Waals surface area contributed by atoms with E-state index >= 15 is 0 Å². The molecule has 1 aromatic heterocycles. The number of halogens is 1. The molecule has 0 unspecified atom stereocenters. The molecule has 0 spiro atoms. The van der Waals surface area contributed by atoms with Crippen LogP contribution in [0.5, 0.6) is 0 Å². The number of carbonyl (C=O) groups is 2. The average molecular weight is 518 g/mol. The number of pyridine rings is 1. The van der Waals surface area contributed by atoms with Gasteiger partial charge in [-0.05, 0) is 61.9 Å². The molecule has 0 bridgehead atoms. The summed E-state index contributed by atoms with van der Waals surface area (Å²) in [5.41, 5.74) is 1.74. The highest BCUT2D eigenvalue weighted by Crippen LogP contribution is 2.27. The number of hydrogen-bond acceptors (Lipinski definition) is 6. The number of esters is 1. The molecule has 0 aromatic carbocycles. The zero-order valence-electron chi connectivity index (χ0n) is 22.2. The summed E-state index contributed by atoms with van der Waals surface area (Å²) in [6.07, 6.45) is 10.3. The second-order valence-corrected chi connectivity index (χ2v) is 10.9. The van der Waals surface area contributed by atoms with Crippen LogP contribution in [-0.2, 0) is 14.3 Å². The molecule has 8 heteroatoms. The number of rotatable bonds is 3. The summed E-state index contributed by atoms with van der Waals surface area (Å²) in [5, 5.41) is 0.549. The first-order valence-electron chi connectivity index (χ1n) is 12.9. The molecule has 1 amide bonds. The lowest BCUT2D eigenvalue weighted by molar-refractivity contribution is -0.149. The van der Waals surface area contributed by atoms with Crippen molar-refractivity contribution >= 4 is 29.7 Å². The third-order valence-corrected chi connectivity index (χ3v) is 7.31. The fourth-order valence-electron chi connectivity index (χ4n) is 4.67. The molecular formula is C28H40ClN3O4. The zero-order valence-corrected chi connectivity index (χ0v) is 22.9. The summed E-state index contributed by atoms with van der Waals surface area (Å²) >= 11 is 6.10. The van der Waals surface area contributed by atoms with Gasteiger partial charge in [0.1, 0.15) is 12.2 Å². The van der Waals surface area contributed by atoms with Crippen molar-refractivity contribution in [1.29, 1.82) is 0 Å². The Kier molecular flexibility index (Phi) is 10.4. The van der Waals surface area contributed by atoms with Crippen LogP contribution in [0.25, 0.3) is 6.08 Å². The molecule has 2 aliphatic rings. The van der Waals surface area contributed by atoms with Crippen LogP contribution in [0.4, 0.5) is 4.79 Å². The number of ether oxygens (including phenoxy) is 2. The van der Waals surface area contributed by atoms with Gasteiger partial charge in [0.25, 0.3) is 0 Å². The molecule has 3 rings (SSSR count). The van der Waals surface area contributed by atoms with Crippen LogP contribution < -0.4 is 0 Å². The van der Waals surface area contributed by atoms with Gasteiger partial charge in [-0.3, -0.25) is 9.78 Å². The molecule has 3 heterocycles. The SMILES string of the molecule is C/C(=C\c1cncc(Cl)c1)[C@H]1OC(=O)C[C@H](C)CC[C@H](C)[C@@H](OC(=O)N2CCN(C)CC2)/C=C/[C@@H]1C. The summed E-state index contributed by atoms with van der Waals surface area (Å²) in [7, 11) is 2.06. The fraction of sp³-hybridized carbons (Fsp3) is 0.607. The first-order chi connectivity index (χ1) is 17.1. The van der Waals surface area contributed by atoms with Crippen LogP contribution in [-0.4, -0.2) is 72.3 Å². The van der Waals surface area contributed by atoms with Crippen LogP contribution in [0.3, 0.4) is 0 Å². The number of piperazine rings is 1. The van der Waals surface area contributed by atoms with E-state index in [4.69, 9.17) is 21.1 Å². The van der Waals surface area contributed by atoms with Gasteiger partial charge in [0.15, 0.2) is 0 Å². The van der Waals surface area contributed by atoms with E-state index in [1.54, 1.807) is 17.3 Å². The number of nitrogens with zero attached hydrogens (tertiary/aromatic N) is 3. The molecule has 5 atom stereocenters. The smallest absolute Gasteiger partial charge is 0.410 e. The standard InChI is InChI=1S/C28H40ClN3O4/c1-19-6-7-20(2)25(35-28(34)32-12-10-31(5)11-13-32)9-8-21(3)27(36-26(33)14-19)22(4)15-23-16-24(29)18-30-17-23/h8-9,15-21,25,27H,6-7,10-14H2,1-5H3/b9-8+,22-15+/t19-,20+,21+,25+,27+/m1/s1. The number of amides is 1.